The van der Waals surface area contributed by atoms with Gasteiger partial charge in [-0.25, -0.2) is 0 Å². The van der Waals surface area contributed by atoms with Gasteiger partial charge in [-0.2, -0.15) is 5.26 Å². The lowest BCUT2D eigenvalue weighted by atomic mass is 9.97. The highest BCUT2D eigenvalue weighted by Gasteiger charge is 2.45. The number of pyridine rings is 1. The van der Waals surface area contributed by atoms with Crippen LogP contribution in [-0.2, 0) is 0 Å². The number of nitriles is 1. The van der Waals surface area contributed by atoms with Gasteiger partial charge in [-0.05, 0) is 43.9 Å². The lowest BCUT2D eigenvalue weighted by Crippen LogP contribution is -2.48. The largest absolute Gasteiger partial charge is 0.298 e. The Labute approximate surface area is 113 Å². The summed E-state index contributed by atoms with van der Waals surface area (Å²) in [4.78, 5) is 5.20. The van der Waals surface area contributed by atoms with Crippen LogP contribution in [0.3, 0.4) is 0 Å². The first-order valence-corrected chi connectivity index (χ1v) is 7.48. The molecular weight excluding hydrogens is 242 g/mol. The van der Waals surface area contributed by atoms with Gasteiger partial charge in [0, 0.05) is 23.0 Å². The first kappa shape index (κ1) is 13.4. The van der Waals surface area contributed by atoms with Gasteiger partial charge in [0.15, 0.2) is 0 Å². The Balaban J connectivity index is 1.99. The van der Waals surface area contributed by atoms with E-state index >= 15 is 0 Å². The minimum Gasteiger partial charge on any atom is -0.298 e. The minimum absolute atomic E-state index is 0.343. The fraction of sp³-hybridized carbons (Fsp3) is 0.571. The van der Waals surface area contributed by atoms with Crippen molar-refractivity contribution in [3.05, 3.63) is 24.5 Å². The Morgan fingerprint density at radius 2 is 2.22 bits per heavy atom. The molecule has 3 nitrogen and oxygen atoms in total. The molecule has 18 heavy (non-hydrogen) atoms. The third-order valence-corrected chi connectivity index (χ3v) is 4.49. The van der Waals surface area contributed by atoms with Crippen LogP contribution in [0.5, 0.6) is 0 Å². The molecule has 0 amide bonds. The molecule has 2 rings (SSSR count). The first-order valence-electron chi connectivity index (χ1n) is 6.50. The summed E-state index contributed by atoms with van der Waals surface area (Å²) in [6.45, 7) is 3.05. The van der Waals surface area contributed by atoms with E-state index < -0.39 is 0 Å². The zero-order valence-corrected chi connectivity index (χ0v) is 11.5. The first-order chi connectivity index (χ1) is 8.80. The third-order valence-electron chi connectivity index (χ3n) is 3.28. The molecule has 1 aliphatic carbocycles. The number of rotatable bonds is 7. The van der Waals surface area contributed by atoms with Gasteiger partial charge < -0.3 is 0 Å². The van der Waals surface area contributed by atoms with Crippen molar-refractivity contribution in [1.82, 2.24) is 10.3 Å². The fourth-order valence-corrected chi connectivity index (χ4v) is 3.14. The molecule has 0 saturated heterocycles. The molecule has 0 aliphatic heterocycles. The van der Waals surface area contributed by atoms with E-state index in [1.165, 1.54) is 17.7 Å². The van der Waals surface area contributed by atoms with Crippen LogP contribution in [0.25, 0.3) is 0 Å². The van der Waals surface area contributed by atoms with Gasteiger partial charge in [-0.1, -0.05) is 6.92 Å². The maximum Gasteiger partial charge on any atom is 0.119 e. The maximum absolute atomic E-state index is 9.55. The highest BCUT2D eigenvalue weighted by Crippen LogP contribution is 2.42. The van der Waals surface area contributed by atoms with Crippen LogP contribution in [0.1, 0.15) is 26.2 Å². The summed E-state index contributed by atoms with van der Waals surface area (Å²) in [5, 5.41) is 13.0. The number of nitrogens with zero attached hydrogens (tertiary/aromatic N) is 2. The average molecular weight is 261 g/mol. The van der Waals surface area contributed by atoms with Crippen molar-refractivity contribution >= 4 is 11.8 Å². The second kappa shape index (κ2) is 6.21. The molecule has 0 radical (unpaired) electrons. The molecule has 1 aliphatic rings. The van der Waals surface area contributed by atoms with Crippen LogP contribution in [0.15, 0.2) is 29.4 Å². The zero-order chi connectivity index (χ0) is 12.8. The van der Waals surface area contributed by atoms with E-state index in [0.717, 1.165) is 18.7 Å². The molecule has 4 heteroatoms. The molecule has 0 bridgehead atoms. The Morgan fingerprint density at radius 3 is 2.78 bits per heavy atom. The molecule has 1 saturated carbocycles. The number of hydrogen-bond acceptors (Lipinski definition) is 4. The normalized spacial score (nSPS) is 18.0. The van der Waals surface area contributed by atoms with E-state index in [-0.39, 0.29) is 5.54 Å². The van der Waals surface area contributed by atoms with E-state index in [4.69, 9.17) is 0 Å². The zero-order valence-electron chi connectivity index (χ0n) is 10.7. The van der Waals surface area contributed by atoms with Crippen molar-refractivity contribution in [2.24, 2.45) is 5.92 Å². The smallest absolute Gasteiger partial charge is 0.119 e. The predicted molar refractivity (Wildman–Crippen MR) is 74.3 cm³/mol. The molecule has 1 aromatic heterocycles. The molecule has 0 aromatic carbocycles. The summed E-state index contributed by atoms with van der Waals surface area (Å²) in [5.41, 5.74) is -0.343. The number of aromatic nitrogens is 1. The molecule has 1 atom stereocenters. The van der Waals surface area contributed by atoms with Gasteiger partial charge in [0.1, 0.15) is 5.54 Å². The summed E-state index contributed by atoms with van der Waals surface area (Å²) in [6, 6.07) is 6.53. The van der Waals surface area contributed by atoms with Crippen molar-refractivity contribution in [3.63, 3.8) is 0 Å². The Bertz CT molecular complexity index is 411. The molecule has 1 unspecified atom stereocenters. The summed E-state index contributed by atoms with van der Waals surface area (Å²) in [6.07, 6.45) is 7.03. The summed E-state index contributed by atoms with van der Waals surface area (Å²) in [7, 11) is 0. The monoisotopic (exact) mass is 261 g/mol. The second-order valence-corrected chi connectivity index (χ2v) is 5.80. The molecule has 1 aromatic rings. The van der Waals surface area contributed by atoms with Crippen LogP contribution in [0.2, 0.25) is 0 Å². The minimum atomic E-state index is -0.343. The van der Waals surface area contributed by atoms with Gasteiger partial charge in [0.25, 0.3) is 0 Å². The van der Waals surface area contributed by atoms with Crippen molar-refractivity contribution in [2.45, 2.75) is 36.6 Å². The van der Waals surface area contributed by atoms with E-state index in [2.05, 4.69) is 23.3 Å². The van der Waals surface area contributed by atoms with E-state index in [9.17, 15) is 5.26 Å². The van der Waals surface area contributed by atoms with E-state index in [1.54, 1.807) is 24.2 Å². The SMILES string of the molecule is CCCNC(C#N)(CSc1ccncc1)C1CC1. The van der Waals surface area contributed by atoms with Crippen LogP contribution < -0.4 is 5.32 Å². The van der Waals surface area contributed by atoms with Crippen molar-refractivity contribution in [3.8, 4) is 6.07 Å². The van der Waals surface area contributed by atoms with Crippen LogP contribution >= 0.6 is 11.8 Å². The Morgan fingerprint density at radius 1 is 1.50 bits per heavy atom. The van der Waals surface area contributed by atoms with Gasteiger partial charge >= 0.3 is 0 Å². The highest BCUT2D eigenvalue weighted by molar-refractivity contribution is 7.99. The summed E-state index contributed by atoms with van der Waals surface area (Å²) < 4.78 is 0. The standard InChI is InChI=1S/C14H19N3S/c1-2-7-17-14(10-15,12-3-4-12)11-18-13-5-8-16-9-6-13/h5-6,8-9,12,17H,2-4,7,11H2,1H3. The Hall–Kier alpha value is -1.05. The van der Waals surface area contributed by atoms with Crippen molar-refractivity contribution in [2.75, 3.05) is 12.3 Å². The number of hydrogen-bond donors (Lipinski definition) is 1. The quantitative estimate of drug-likeness (QED) is 0.767. The molecular formula is C14H19N3S. The third kappa shape index (κ3) is 3.24. The van der Waals surface area contributed by atoms with E-state index in [0.29, 0.717) is 5.92 Å². The summed E-state index contributed by atoms with van der Waals surface area (Å²) in [5.74, 6) is 1.35. The fourth-order valence-electron chi connectivity index (χ4n) is 2.03. The van der Waals surface area contributed by atoms with Crippen molar-refractivity contribution in [1.29, 1.82) is 5.26 Å². The number of thioether (sulfide) groups is 1. The lowest BCUT2D eigenvalue weighted by Gasteiger charge is -2.27. The van der Waals surface area contributed by atoms with Gasteiger partial charge in [-0.3, -0.25) is 10.3 Å². The second-order valence-electron chi connectivity index (χ2n) is 4.76. The summed E-state index contributed by atoms with van der Waals surface area (Å²) >= 11 is 1.75. The highest BCUT2D eigenvalue weighted by atomic mass is 32.2. The van der Waals surface area contributed by atoms with Crippen molar-refractivity contribution < 1.29 is 0 Å². The molecule has 1 heterocycles. The lowest BCUT2D eigenvalue weighted by molar-refractivity contribution is 0.405. The van der Waals surface area contributed by atoms with Crippen LogP contribution in [-0.4, -0.2) is 22.8 Å². The molecule has 0 spiro atoms. The number of nitrogens with one attached hydrogen (secondary N) is 1. The predicted octanol–water partition coefficient (Wildman–Crippen LogP) is 2.85. The topological polar surface area (TPSA) is 48.7 Å². The van der Waals surface area contributed by atoms with Crippen LogP contribution in [0, 0.1) is 17.2 Å². The van der Waals surface area contributed by atoms with E-state index in [1.807, 2.05) is 12.1 Å². The Kier molecular flexibility index (Phi) is 4.62. The molecule has 1 N–H and O–H groups in total. The van der Waals surface area contributed by atoms with Crippen LogP contribution in [0.4, 0.5) is 0 Å². The van der Waals surface area contributed by atoms with Gasteiger partial charge in [-0.15, -0.1) is 11.8 Å². The maximum atomic E-state index is 9.55. The average Bonchev–Trinajstić information content (AvgIpc) is 3.26. The van der Waals surface area contributed by atoms with Gasteiger partial charge in [0.2, 0.25) is 0 Å². The van der Waals surface area contributed by atoms with Gasteiger partial charge in [0.05, 0.1) is 6.07 Å². The molecule has 96 valence electrons. The molecule has 1 fully saturated rings.